The molecule has 2 heterocycles. The van der Waals surface area contributed by atoms with Gasteiger partial charge in [-0.2, -0.15) is 0 Å². The van der Waals surface area contributed by atoms with Crippen molar-refractivity contribution in [2.45, 2.75) is 83.8 Å². The Morgan fingerprint density at radius 3 is 2.44 bits per heavy atom. The van der Waals surface area contributed by atoms with Crippen LogP contribution in [0.5, 0.6) is 0 Å². The van der Waals surface area contributed by atoms with E-state index in [0.29, 0.717) is 42.0 Å². The van der Waals surface area contributed by atoms with Gasteiger partial charge in [-0.25, -0.2) is 9.97 Å². The molecule has 194 valence electrons. The van der Waals surface area contributed by atoms with Crippen LogP contribution in [0.3, 0.4) is 0 Å². The Kier molecular flexibility index (Phi) is 7.78. The summed E-state index contributed by atoms with van der Waals surface area (Å²) >= 11 is 0. The van der Waals surface area contributed by atoms with Crippen LogP contribution in [0.4, 0.5) is 17.3 Å². The van der Waals surface area contributed by atoms with E-state index in [-0.39, 0.29) is 23.5 Å². The monoisotopic (exact) mass is 494 g/mol. The molecule has 2 aliphatic rings. The van der Waals surface area contributed by atoms with Crippen molar-refractivity contribution in [1.82, 2.24) is 14.9 Å². The minimum Gasteiger partial charge on any atom is -0.390 e. The molecule has 1 aromatic carbocycles. The second kappa shape index (κ2) is 10.8. The van der Waals surface area contributed by atoms with Crippen molar-refractivity contribution in [3.63, 3.8) is 0 Å². The minimum atomic E-state index is -0.659. The summed E-state index contributed by atoms with van der Waals surface area (Å²) in [4.78, 5) is 36.4. The number of nitrogens with one attached hydrogen (secondary N) is 2. The normalized spacial score (nSPS) is 22.2. The van der Waals surface area contributed by atoms with E-state index < -0.39 is 11.5 Å². The van der Waals surface area contributed by atoms with Gasteiger partial charge in [0.2, 0.25) is 0 Å². The SMILES string of the molecule is CCc1nc(C(N)=O)c(Nc2ccc(C(=O)N3CCCCC3)c(C)c2)nc1N[C@H]1CC[C@](C)(O)CC1. The van der Waals surface area contributed by atoms with E-state index in [1.165, 1.54) is 6.42 Å². The molecule has 0 spiro atoms. The van der Waals surface area contributed by atoms with Crippen molar-refractivity contribution in [3.05, 3.63) is 40.7 Å². The number of hydrogen-bond acceptors (Lipinski definition) is 7. The summed E-state index contributed by atoms with van der Waals surface area (Å²) in [5, 5.41) is 17.0. The summed E-state index contributed by atoms with van der Waals surface area (Å²) < 4.78 is 0. The number of aliphatic hydroxyl groups is 1. The molecule has 36 heavy (non-hydrogen) atoms. The average molecular weight is 495 g/mol. The van der Waals surface area contributed by atoms with E-state index >= 15 is 0 Å². The number of likely N-dealkylation sites (tertiary alicyclic amines) is 1. The third-order valence-corrected chi connectivity index (χ3v) is 7.30. The van der Waals surface area contributed by atoms with Crippen LogP contribution in [-0.2, 0) is 6.42 Å². The Hall–Kier alpha value is -3.20. The first-order valence-electron chi connectivity index (χ1n) is 13.0. The van der Waals surface area contributed by atoms with Crippen molar-refractivity contribution in [1.29, 1.82) is 0 Å². The van der Waals surface area contributed by atoms with E-state index in [2.05, 4.69) is 15.6 Å². The van der Waals surface area contributed by atoms with Crippen molar-refractivity contribution in [2.24, 2.45) is 5.73 Å². The number of nitrogens with two attached hydrogens (primary N) is 1. The van der Waals surface area contributed by atoms with E-state index in [1.54, 1.807) is 0 Å². The fourth-order valence-electron chi connectivity index (χ4n) is 5.05. The maximum absolute atomic E-state index is 13.0. The lowest BCUT2D eigenvalue weighted by Gasteiger charge is -2.34. The molecule has 0 radical (unpaired) electrons. The smallest absolute Gasteiger partial charge is 0.271 e. The number of aryl methyl sites for hydroxylation is 2. The second-order valence-corrected chi connectivity index (χ2v) is 10.4. The Morgan fingerprint density at radius 2 is 1.83 bits per heavy atom. The Balaban J connectivity index is 1.57. The van der Waals surface area contributed by atoms with Gasteiger partial charge in [0.05, 0.1) is 11.3 Å². The summed E-state index contributed by atoms with van der Waals surface area (Å²) in [7, 11) is 0. The molecule has 0 unspecified atom stereocenters. The van der Waals surface area contributed by atoms with E-state index in [1.807, 2.05) is 43.9 Å². The van der Waals surface area contributed by atoms with Crippen molar-refractivity contribution in [3.8, 4) is 0 Å². The summed E-state index contributed by atoms with van der Waals surface area (Å²) in [6.45, 7) is 7.34. The van der Waals surface area contributed by atoms with Gasteiger partial charge in [0.15, 0.2) is 11.5 Å². The molecule has 0 bridgehead atoms. The van der Waals surface area contributed by atoms with Crippen LogP contribution in [0.15, 0.2) is 18.2 Å². The number of benzene rings is 1. The summed E-state index contributed by atoms with van der Waals surface area (Å²) in [6, 6.07) is 5.69. The van der Waals surface area contributed by atoms with Crippen molar-refractivity contribution >= 4 is 29.1 Å². The molecule has 1 saturated carbocycles. The van der Waals surface area contributed by atoms with Gasteiger partial charge in [-0.15, -0.1) is 0 Å². The highest BCUT2D eigenvalue weighted by Crippen LogP contribution is 2.31. The van der Waals surface area contributed by atoms with E-state index in [4.69, 9.17) is 10.7 Å². The first kappa shape index (κ1) is 25.9. The summed E-state index contributed by atoms with van der Waals surface area (Å²) in [5.41, 5.74) is 8.00. The number of nitrogens with zero attached hydrogens (tertiary/aromatic N) is 3. The maximum Gasteiger partial charge on any atom is 0.271 e. The molecule has 2 fully saturated rings. The zero-order chi connectivity index (χ0) is 25.9. The Bertz CT molecular complexity index is 1120. The first-order chi connectivity index (χ1) is 17.2. The number of aromatic nitrogens is 2. The van der Waals surface area contributed by atoms with Crippen LogP contribution in [0, 0.1) is 6.92 Å². The lowest BCUT2D eigenvalue weighted by atomic mass is 9.83. The van der Waals surface area contributed by atoms with Gasteiger partial charge in [0, 0.05) is 30.4 Å². The second-order valence-electron chi connectivity index (χ2n) is 10.4. The van der Waals surface area contributed by atoms with Gasteiger partial charge in [0.1, 0.15) is 5.82 Å². The van der Waals surface area contributed by atoms with Crippen LogP contribution < -0.4 is 16.4 Å². The molecule has 2 aromatic rings. The first-order valence-corrected chi connectivity index (χ1v) is 13.0. The average Bonchev–Trinajstić information content (AvgIpc) is 2.85. The van der Waals surface area contributed by atoms with Crippen LogP contribution in [0.1, 0.15) is 90.9 Å². The van der Waals surface area contributed by atoms with Crippen molar-refractivity contribution in [2.75, 3.05) is 23.7 Å². The fraction of sp³-hybridized carbons (Fsp3) is 0.556. The quantitative estimate of drug-likeness (QED) is 0.458. The molecular weight excluding hydrogens is 456 g/mol. The predicted octanol–water partition coefficient (Wildman–Crippen LogP) is 3.92. The highest BCUT2D eigenvalue weighted by Gasteiger charge is 2.29. The number of carbonyl (C=O) groups is 2. The molecule has 2 amide bonds. The molecule has 0 atom stereocenters. The number of carbonyl (C=O) groups excluding carboxylic acids is 2. The van der Waals surface area contributed by atoms with Gasteiger partial charge in [-0.05, 0) is 89.0 Å². The molecule has 1 aromatic heterocycles. The van der Waals surface area contributed by atoms with E-state index in [0.717, 1.165) is 44.3 Å². The molecule has 4 rings (SSSR count). The largest absolute Gasteiger partial charge is 0.390 e. The molecule has 1 aliphatic heterocycles. The minimum absolute atomic E-state index is 0.0570. The molecular formula is C27H38N6O3. The van der Waals surface area contributed by atoms with Gasteiger partial charge < -0.3 is 26.4 Å². The van der Waals surface area contributed by atoms with Gasteiger partial charge >= 0.3 is 0 Å². The highest BCUT2D eigenvalue weighted by molar-refractivity contribution is 5.98. The summed E-state index contributed by atoms with van der Waals surface area (Å²) in [5.74, 6) is 0.292. The number of amides is 2. The van der Waals surface area contributed by atoms with Crippen LogP contribution >= 0.6 is 0 Å². The highest BCUT2D eigenvalue weighted by atomic mass is 16.3. The number of anilines is 3. The summed E-state index contributed by atoms with van der Waals surface area (Å²) in [6.07, 6.45) is 6.93. The van der Waals surface area contributed by atoms with Gasteiger partial charge in [-0.1, -0.05) is 6.92 Å². The number of rotatable bonds is 7. The number of hydrogen-bond donors (Lipinski definition) is 4. The number of piperidine rings is 1. The predicted molar refractivity (Wildman–Crippen MR) is 141 cm³/mol. The third kappa shape index (κ3) is 5.95. The zero-order valence-corrected chi connectivity index (χ0v) is 21.6. The zero-order valence-electron chi connectivity index (χ0n) is 21.6. The van der Waals surface area contributed by atoms with E-state index in [9.17, 15) is 14.7 Å². The van der Waals surface area contributed by atoms with Crippen molar-refractivity contribution < 1.29 is 14.7 Å². The van der Waals surface area contributed by atoms with Gasteiger partial charge in [-0.3, -0.25) is 9.59 Å². The fourth-order valence-corrected chi connectivity index (χ4v) is 5.05. The maximum atomic E-state index is 13.0. The molecule has 1 aliphatic carbocycles. The molecule has 9 heteroatoms. The third-order valence-electron chi connectivity index (χ3n) is 7.30. The Labute approximate surface area is 212 Å². The van der Waals surface area contributed by atoms with Crippen LogP contribution in [0.25, 0.3) is 0 Å². The molecule has 1 saturated heterocycles. The topological polar surface area (TPSA) is 133 Å². The molecule has 5 N–H and O–H groups in total. The molecule has 9 nitrogen and oxygen atoms in total. The number of primary amides is 1. The Morgan fingerprint density at radius 1 is 1.14 bits per heavy atom. The lowest BCUT2D eigenvalue weighted by molar-refractivity contribution is 0.0196. The standard InChI is InChI=1S/C27H38N6O3/c1-4-21-24(29-18-10-12-27(3,36)13-11-18)32-25(22(31-21)23(28)34)30-19-8-9-20(17(2)16-19)26(35)33-14-6-5-7-15-33/h8-9,16,18,36H,4-7,10-15H2,1-3H3,(H2,28,34)(H2,29,30,32)/t18-,27-. The van der Waals surface area contributed by atoms with Gasteiger partial charge in [0.25, 0.3) is 11.8 Å². The lowest BCUT2D eigenvalue weighted by Crippen LogP contribution is -2.36. The van der Waals surface area contributed by atoms with Crippen LogP contribution in [0.2, 0.25) is 0 Å². The van der Waals surface area contributed by atoms with Crippen LogP contribution in [-0.4, -0.2) is 56.5 Å².